The molecule has 1 aliphatic heterocycles. The minimum Gasteiger partial charge on any atom is -0.337 e. The molecule has 2 aromatic rings. The Morgan fingerprint density at radius 2 is 2.29 bits per heavy atom. The molecule has 1 fully saturated rings. The number of piperidine rings is 1. The molecular formula is C16H20BrN3O. The summed E-state index contributed by atoms with van der Waals surface area (Å²) in [5.74, 6) is 0.697. The molecule has 1 saturated heterocycles. The topological polar surface area (TPSA) is 37.6 Å². The molecule has 0 radical (unpaired) electrons. The van der Waals surface area contributed by atoms with E-state index in [9.17, 15) is 4.79 Å². The van der Waals surface area contributed by atoms with E-state index in [1.165, 1.54) is 6.42 Å². The molecule has 3 rings (SSSR count). The summed E-state index contributed by atoms with van der Waals surface area (Å²) in [7, 11) is 0. The van der Waals surface area contributed by atoms with Crippen LogP contribution in [-0.2, 0) is 6.42 Å². The standard InChI is InChI=1S/C16H20BrN3O/c1-3-13-15(16(21)19-8-4-5-11(2)9-19)20-10-12(17)6-7-14(20)18-13/h6-7,10-11H,3-5,8-9H2,1-2H3. The van der Waals surface area contributed by atoms with Gasteiger partial charge in [0.1, 0.15) is 11.3 Å². The molecule has 3 heterocycles. The second-order valence-electron chi connectivity index (χ2n) is 5.83. The molecular weight excluding hydrogens is 330 g/mol. The number of aryl methyl sites for hydroxylation is 1. The summed E-state index contributed by atoms with van der Waals surface area (Å²) in [5.41, 5.74) is 2.45. The lowest BCUT2D eigenvalue weighted by Gasteiger charge is -2.31. The van der Waals surface area contributed by atoms with Crippen LogP contribution >= 0.6 is 15.9 Å². The van der Waals surface area contributed by atoms with Crippen LogP contribution in [0, 0.1) is 5.92 Å². The van der Waals surface area contributed by atoms with Gasteiger partial charge in [-0.1, -0.05) is 13.8 Å². The largest absolute Gasteiger partial charge is 0.337 e. The molecule has 1 amide bonds. The predicted molar refractivity (Wildman–Crippen MR) is 86.6 cm³/mol. The van der Waals surface area contributed by atoms with E-state index in [0.717, 1.165) is 47.4 Å². The molecule has 21 heavy (non-hydrogen) atoms. The second kappa shape index (κ2) is 5.79. The molecule has 0 saturated carbocycles. The van der Waals surface area contributed by atoms with E-state index in [0.29, 0.717) is 5.92 Å². The second-order valence-corrected chi connectivity index (χ2v) is 6.75. The first-order chi connectivity index (χ1) is 10.1. The molecule has 0 aliphatic carbocycles. The van der Waals surface area contributed by atoms with Crippen LogP contribution in [0.5, 0.6) is 0 Å². The van der Waals surface area contributed by atoms with Gasteiger partial charge in [-0.25, -0.2) is 4.98 Å². The highest BCUT2D eigenvalue weighted by molar-refractivity contribution is 9.10. The van der Waals surface area contributed by atoms with E-state index in [-0.39, 0.29) is 5.91 Å². The molecule has 0 aromatic carbocycles. The Hall–Kier alpha value is -1.36. The van der Waals surface area contributed by atoms with Crippen LogP contribution in [0.4, 0.5) is 0 Å². The number of hydrogen-bond acceptors (Lipinski definition) is 2. The van der Waals surface area contributed by atoms with Crippen molar-refractivity contribution >= 4 is 27.5 Å². The number of fused-ring (bicyclic) bond motifs is 1. The zero-order chi connectivity index (χ0) is 15.0. The maximum atomic E-state index is 13.0. The first-order valence-electron chi connectivity index (χ1n) is 7.56. The van der Waals surface area contributed by atoms with Gasteiger partial charge in [-0.15, -0.1) is 0 Å². The third kappa shape index (κ3) is 2.71. The minimum atomic E-state index is 0.115. The summed E-state index contributed by atoms with van der Waals surface area (Å²) in [6.07, 6.45) is 5.00. The van der Waals surface area contributed by atoms with Crippen LogP contribution in [0.2, 0.25) is 0 Å². The van der Waals surface area contributed by atoms with Gasteiger partial charge in [0, 0.05) is 23.8 Å². The van der Waals surface area contributed by atoms with Gasteiger partial charge < -0.3 is 4.90 Å². The number of aromatic nitrogens is 2. The number of nitrogens with zero attached hydrogens (tertiary/aromatic N) is 3. The van der Waals surface area contributed by atoms with Gasteiger partial charge in [0.2, 0.25) is 0 Å². The van der Waals surface area contributed by atoms with Crippen LogP contribution in [0.1, 0.15) is 42.9 Å². The monoisotopic (exact) mass is 349 g/mol. The number of carbonyl (C=O) groups is 1. The Bertz CT molecular complexity index is 679. The first-order valence-corrected chi connectivity index (χ1v) is 8.35. The van der Waals surface area contributed by atoms with Crippen LogP contribution in [-0.4, -0.2) is 33.3 Å². The van der Waals surface area contributed by atoms with Crippen molar-refractivity contribution in [1.82, 2.24) is 14.3 Å². The molecule has 0 N–H and O–H groups in total. The van der Waals surface area contributed by atoms with Crippen molar-refractivity contribution in [2.24, 2.45) is 5.92 Å². The Labute approximate surface area is 133 Å². The van der Waals surface area contributed by atoms with Gasteiger partial charge in [-0.3, -0.25) is 9.20 Å². The lowest BCUT2D eigenvalue weighted by molar-refractivity contribution is 0.0675. The normalized spacial score (nSPS) is 19.2. The van der Waals surface area contributed by atoms with Gasteiger partial charge in [-0.2, -0.15) is 0 Å². The molecule has 4 nitrogen and oxygen atoms in total. The van der Waals surface area contributed by atoms with Crippen molar-refractivity contribution in [3.63, 3.8) is 0 Å². The van der Waals surface area contributed by atoms with Gasteiger partial charge in [-0.05, 0) is 53.2 Å². The third-order valence-corrected chi connectivity index (χ3v) is 4.61. The SMILES string of the molecule is CCc1nc2ccc(Br)cn2c1C(=O)N1CCCC(C)C1. The molecule has 112 valence electrons. The smallest absolute Gasteiger partial charge is 0.272 e. The maximum absolute atomic E-state index is 13.0. The molecule has 1 unspecified atom stereocenters. The van der Waals surface area contributed by atoms with Gasteiger partial charge in [0.15, 0.2) is 0 Å². The van der Waals surface area contributed by atoms with E-state index < -0.39 is 0 Å². The summed E-state index contributed by atoms with van der Waals surface area (Å²) < 4.78 is 2.88. The number of rotatable bonds is 2. The fraction of sp³-hybridized carbons (Fsp3) is 0.500. The number of pyridine rings is 1. The van der Waals surface area contributed by atoms with Gasteiger partial charge >= 0.3 is 0 Å². The van der Waals surface area contributed by atoms with Gasteiger partial charge in [0.25, 0.3) is 5.91 Å². The summed E-state index contributed by atoms with van der Waals surface area (Å²) in [4.78, 5) is 19.5. The molecule has 5 heteroatoms. The Morgan fingerprint density at radius 1 is 1.48 bits per heavy atom. The maximum Gasteiger partial charge on any atom is 0.272 e. The highest BCUT2D eigenvalue weighted by Crippen LogP contribution is 2.22. The van der Waals surface area contributed by atoms with E-state index >= 15 is 0 Å². The van der Waals surface area contributed by atoms with Crippen molar-refractivity contribution in [3.05, 3.63) is 34.2 Å². The quantitative estimate of drug-likeness (QED) is 0.831. The summed E-state index contributed by atoms with van der Waals surface area (Å²) >= 11 is 3.48. The number of hydrogen-bond donors (Lipinski definition) is 0. The van der Waals surface area contributed by atoms with Crippen molar-refractivity contribution in [2.45, 2.75) is 33.1 Å². The Morgan fingerprint density at radius 3 is 3.00 bits per heavy atom. The lowest BCUT2D eigenvalue weighted by Crippen LogP contribution is -2.40. The highest BCUT2D eigenvalue weighted by atomic mass is 79.9. The molecule has 0 spiro atoms. The van der Waals surface area contributed by atoms with Crippen molar-refractivity contribution in [1.29, 1.82) is 0 Å². The van der Waals surface area contributed by atoms with Crippen LogP contribution in [0.15, 0.2) is 22.8 Å². The van der Waals surface area contributed by atoms with Crippen molar-refractivity contribution < 1.29 is 4.79 Å². The number of carbonyl (C=O) groups excluding carboxylic acids is 1. The first kappa shape index (κ1) is 14.6. The van der Waals surface area contributed by atoms with Crippen LogP contribution in [0.3, 0.4) is 0 Å². The molecule has 0 bridgehead atoms. The fourth-order valence-electron chi connectivity index (χ4n) is 3.06. The number of likely N-dealkylation sites (tertiary alicyclic amines) is 1. The zero-order valence-corrected chi connectivity index (χ0v) is 14.1. The Kier molecular flexibility index (Phi) is 4.02. The third-order valence-electron chi connectivity index (χ3n) is 4.14. The lowest BCUT2D eigenvalue weighted by atomic mass is 10.00. The summed E-state index contributed by atoms with van der Waals surface area (Å²) in [5, 5.41) is 0. The minimum absolute atomic E-state index is 0.115. The van der Waals surface area contributed by atoms with Crippen LogP contribution < -0.4 is 0 Å². The Balaban J connectivity index is 2.05. The predicted octanol–water partition coefficient (Wildman–Crippen LogP) is 3.53. The van der Waals surface area contributed by atoms with E-state index in [4.69, 9.17) is 0 Å². The number of halogens is 1. The molecule has 1 aliphatic rings. The van der Waals surface area contributed by atoms with E-state index in [2.05, 4.69) is 27.8 Å². The summed E-state index contributed by atoms with van der Waals surface area (Å²) in [6, 6.07) is 3.90. The van der Waals surface area contributed by atoms with Gasteiger partial charge in [0.05, 0.1) is 5.69 Å². The zero-order valence-electron chi connectivity index (χ0n) is 12.5. The van der Waals surface area contributed by atoms with Crippen molar-refractivity contribution in [3.8, 4) is 0 Å². The summed E-state index contributed by atoms with van der Waals surface area (Å²) in [6.45, 7) is 5.97. The number of imidazole rings is 1. The van der Waals surface area contributed by atoms with Crippen LogP contribution in [0.25, 0.3) is 5.65 Å². The molecule has 2 aromatic heterocycles. The number of amides is 1. The van der Waals surface area contributed by atoms with Crippen molar-refractivity contribution in [2.75, 3.05) is 13.1 Å². The molecule has 1 atom stereocenters. The fourth-order valence-corrected chi connectivity index (χ4v) is 3.40. The highest BCUT2D eigenvalue weighted by Gasteiger charge is 2.26. The van der Waals surface area contributed by atoms with E-state index in [1.54, 1.807) is 0 Å². The average molecular weight is 350 g/mol. The average Bonchev–Trinajstić information content (AvgIpc) is 2.84. The van der Waals surface area contributed by atoms with E-state index in [1.807, 2.05) is 34.6 Å².